The van der Waals surface area contributed by atoms with Crippen molar-refractivity contribution in [1.82, 2.24) is 0 Å². The third-order valence-electron chi connectivity index (χ3n) is 2.60. The SMILES string of the molecule is CC1=CC[C-]=C1.CC1=[C-]CC=C1.CC1=[C-]CC=C1.Cl.Cl.[CH2]=[Zr]. The third-order valence-corrected chi connectivity index (χ3v) is 2.60. The van der Waals surface area contributed by atoms with E-state index in [1.807, 2.05) is 6.08 Å². The Labute approximate surface area is 164 Å². The molecule has 0 heterocycles. The quantitative estimate of drug-likeness (QED) is 0.432. The molecule has 0 N–H and O–H groups in total. The second-order valence-corrected chi connectivity index (χ2v) is 4.43. The molecule has 0 fully saturated rings. The van der Waals surface area contributed by atoms with Gasteiger partial charge in [-0.2, -0.15) is 18.2 Å². The van der Waals surface area contributed by atoms with E-state index in [2.05, 4.69) is 73.6 Å². The Morgan fingerprint density at radius 1 is 0.864 bits per heavy atom. The van der Waals surface area contributed by atoms with Gasteiger partial charge in [0.25, 0.3) is 0 Å². The van der Waals surface area contributed by atoms with E-state index in [-0.39, 0.29) is 24.8 Å². The van der Waals surface area contributed by atoms with E-state index < -0.39 is 0 Å². The molecule has 122 valence electrons. The number of rotatable bonds is 0. The van der Waals surface area contributed by atoms with Crippen LogP contribution in [-0.4, -0.2) is 4.21 Å². The zero-order valence-corrected chi connectivity index (χ0v) is 17.7. The summed E-state index contributed by atoms with van der Waals surface area (Å²) >= 11 is 1.30. The van der Waals surface area contributed by atoms with Crippen LogP contribution in [-0.2, 0) is 24.2 Å². The minimum atomic E-state index is 0. The van der Waals surface area contributed by atoms with Gasteiger partial charge >= 0.3 is 28.4 Å². The fraction of sp³-hybridized carbons (Fsp3) is 0.316. The average molecular weight is 416 g/mol. The predicted octanol–water partition coefficient (Wildman–Crippen LogP) is 5.90. The molecule has 0 spiro atoms. The van der Waals surface area contributed by atoms with Crippen LogP contribution in [0.1, 0.15) is 40.0 Å². The zero-order valence-electron chi connectivity index (χ0n) is 13.6. The second-order valence-electron chi connectivity index (χ2n) is 4.43. The molecule has 0 unspecified atom stereocenters. The van der Waals surface area contributed by atoms with E-state index in [9.17, 15) is 0 Å². The van der Waals surface area contributed by atoms with Gasteiger partial charge in [0.15, 0.2) is 0 Å². The minimum absolute atomic E-state index is 0. The first kappa shape index (κ1) is 26.7. The summed E-state index contributed by atoms with van der Waals surface area (Å²) in [6.07, 6.45) is 24.9. The van der Waals surface area contributed by atoms with Crippen molar-refractivity contribution in [2.75, 3.05) is 0 Å². The molecular weight excluding hydrogens is 390 g/mol. The Hall–Kier alpha value is -0.227. The fourth-order valence-electron chi connectivity index (χ4n) is 1.53. The Morgan fingerprint density at radius 3 is 1.41 bits per heavy atom. The van der Waals surface area contributed by atoms with E-state index in [0.717, 1.165) is 19.3 Å². The summed E-state index contributed by atoms with van der Waals surface area (Å²) in [7, 11) is 0. The Kier molecular flexibility index (Phi) is 22.8. The van der Waals surface area contributed by atoms with Crippen molar-refractivity contribution in [1.29, 1.82) is 0 Å². The molecule has 0 saturated carbocycles. The van der Waals surface area contributed by atoms with Gasteiger partial charge in [0.2, 0.25) is 0 Å². The first-order valence-electron chi connectivity index (χ1n) is 6.75. The average Bonchev–Trinajstić information content (AvgIpc) is 3.19. The van der Waals surface area contributed by atoms with Crippen LogP contribution < -0.4 is 0 Å². The molecule has 0 atom stereocenters. The van der Waals surface area contributed by atoms with Gasteiger partial charge in [-0.25, -0.2) is 34.9 Å². The van der Waals surface area contributed by atoms with Gasteiger partial charge < -0.3 is 0 Å². The van der Waals surface area contributed by atoms with Crippen LogP contribution in [0.4, 0.5) is 0 Å². The topological polar surface area (TPSA) is 0 Å². The first-order valence-corrected chi connectivity index (χ1v) is 8.49. The van der Waals surface area contributed by atoms with Crippen LogP contribution in [0.2, 0.25) is 0 Å². The number of hydrogen-bond acceptors (Lipinski definition) is 0. The van der Waals surface area contributed by atoms with Crippen LogP contribution in [0.15, 0.2) is 53.2 Å². The Morgan fingerprint density at radius 2 is 1.32 bits per heavy atom. The van der Waals surface area contributed by atoms with Gasteiger partial charge in [-0.3, -0.25) is 18.2 Å². The zero-order chi connectivity index (χ0) is 15.2. The van der Waals surface area contributed by atoms with Crippen LogP contribution in [0, 0.1) is 18.2 Å². The van der Waals surface area contributed by atoms with E-state index in [4.69, 9.17) is 0 Å². The first-order chi connectivity index (χ1) is 9.68. The van der Waals surface area contributed by atoms with Crippen molar-refractivity contribution >= 4 is 29.0 Å². The molecular formula is C19H25Cl2Zr-3. The fourth-order valence-corrected chi connectivity index (χ4v) is 1.53. The van der Waals surface area contributed by atoms with Crippen molar-refractivity contribution in [2.45, 2.75) is 40.0 Å². The summed E-state index contributed by atoms with van der Waals surface area (Å²) in [5.41, 5.74) is 3.89. The standard InChI is InChI=1S/3C6H7.CH2.2ClH.Zr/c3*1-6-4-2-3-5-6;;;;/h4-5H,2H2,1H3;2*2,4H,3H2,1H3;1H2;2*1H;/q3*-1;;;;. The molecule has 0 aromatic rings. The Balaban J connectivity index is -0.000000223. The Bertz CT molecular complexity index is 377. The van der Waals surface area contributed by atoms with E-state index in [1.54, 1.807) is 0 Å². The molecule has 0 aliphatic heterocycles. The van der Waals surface area contributed by atoms with Crippen molar-refractivity contribution < 1.29 is 24.2 Å². The third kappa shape index (κ3) is 16.1. The maximum absolute atomic E-state index is 3.34. The molecule has 0 aromatic carbocycles. The van der Waals surface area contributed by atoms with Gasteiger partial charge in [-0.1, -0.05) is 13.8 Å². The van der Waals surface area contributed by atoms with E-state index in [1.165, 1.54) is 41.0 Å². The van der Waals surface area contributed by atoms with Crippen LogP contribution in [0.5, 0.6) is 0 Å². The summed E-state index contributed by atoms with van der Waals surface area (Å²) in [6.45, 7) is 6.20. The molecule has 3 aliphatic carbocycles. The number of allylic oxidation sites excluding steroid dienone is 12. The van der Waals surface area contributed by atoms with Crippen molar-refractivity contribution in [3.05, 3.63) is 71.4 Å². The predicted molar refractivity (Wildman–Crippen MR) is 100 cm³/mol. The van der Waals surface area contributed by atoms with Crippen LogP contribution in [0.25, 0.3) is 0 Å². The summed E-state index contributed by atoms with van der Waals surface area (Å²) in [6, 6.07) is 0. The normalized spacial score (nSPS) is 15.3. The van der Waals surface area contributed by atoms with Gasteiger partial charge in [0.1, 0.15) is 0 Å². The summed E-state index contributed by atoms with van der Waals surface area (Å²) in [4.78, 5) is 0. The molecule has 0 radical (unpaired) electrons. The van der Waals surface area contributed by atoms with Crippen molar-refractivity contribution in [3.8, 4) is 0 Å². The van der Waals surface area contributed by atoms with Crippen molar-refractivity contribution in [2.24, 2.45) is 0 Å². The van der Waals surface area contributed by atoms with Crippen LogP contribution >= 0.6 is 24.8 Å². The number of hydrogen-bond donors (Lipinski definition) is 0. The monoisotopic (exact) mass is 413 g/mol. The van der Waals surface area contributed by atoms with Gasteiger partial charge in [-0.05, 0) is 0 Å². The van der Waals surface area contributed by atoms with Gasteiger partial charge in [0.05, 0.1) is 0 Å². The summed E-state index contributed by atoms with van der Waals surface area (Å²) in [5.74, 6) is 0. The molecule has 3 rings (SSSR count). The van der Waals surface area contributed by atoms with Gasteiger partial charge in [0, 0.05) is 0 Å². The molecule has 0 nitrogen and oxygen atoms in total. The van der Waals surface area contributed by atoms with Gasteiger partial charge in [-0.15, -0.1) is 51.0 Å². The maximum atomic E-state index is 3.34. The molecule has 3 aliphatic rings. The summed E-state index contributed by atoms with van der Waals surface area (Å²) in [5, 5.41) is 0. The van der Waals surface area contributed by atoms with Crippen molar-refractivity contribution in [3.63, 3.8) is 0 Å². The van der Waals surface area contributed by atoms with E-state index in [0.29, 0.717) is 0 Å². The molecule has 0 saturated heterocycles. The molecule has 3 heteroatoms. The molecule has 0 bridgehead atoms. The number of halogens is 2. The molecule has 0 aromatic heterocycles. The van der Waals surface area contributed by atoms with E-state index >= 15 is 0 Å². The second kappa shape index (κ2) is 18.8. The molecule has 22 heavy (non-hydrogen) atoms. The molecule has 0 amide bonds. The van der Waals surface area contributed by atoms with Crippen LogP contribution in [0.3, 0.4) is 0 Å². The summed E-state index contributed by atoms with van der Waals surface area (Å²) < 4.78 is 3.34.